The van der Waals surface area contributed by atoms with Gasteiger partial charge < -0.3 is 0 Å². The van der Waals surface area contributed by atoms with Gasteiger partial charge in [-0.15, -0.1) is 0 Å². The zero-order chi connectivity index (χ0) is 9.12. The second kappa shape index (κ2) is 4.76. The van der Waals surface area contributed by atoms with Crippen LogP contribution >= 0.6 is 16.5 Å². The van der Waals surface area contributed by atoms with Gasteiger partial charge in [0.05, 0.1) is 0 Å². The first kappa shape index (κ1) is 12.6. The standard InChI is InChI=1S/2C4H10S.Hg/c2*1-4(2,3)5;/h2*5H,1-3H3;/q;;+2/p-2. The molecule has 0 saturated heterocycles. The van der Waals surface area contributed by atoms with E-state index >= 15 is 0 Å². The predicted octanol–water partition coefficient (Wildman–Crippen LogP) is 3.96. The van der Waals surface area contributed by atoms with Gasteiger partial charge in [0.1, 0.15) is 0 Å². The van der Waals surface area contributed by atoms with E-state index in [0.717, 1.165) is 0 Å². The predicted molar refractivity (Wildman–Crippen MR) is 54.7 cm³/mol. The van der Waals surface area contributed by atoms with Gasteiger partial charge in [0.25, 0.3) is 0 Å². The molecule has 0 aromatic rings. The summed E-state index contributed by atoms with van der Waals surface area (Å²) in [5.74, 6) is 0. The van der Waals surface area contributed by atoms with Crippen LogP contribution in [0.5, 0.6) is 0 Å². The van der Waals surface area contributed by atoms with Crippen LogP contribution in [0.25, 0.3) is 0 Å². The Bertz CT molecular complexity index is 96.2. The van der Waals surface area contributed by atoms with Crippen molar-refractivity contribution in [2.75, 3.05) is 0 Å². The van der Waals surface area contributed by atoms with Crippen molar-refractivity contribution < 1.29 is 21.5 Å². The SMILES string of the molecule is CC(C)(C)[S][Hg][S]C(C)(C)C. The summed E-state index contributed by atoms with van der Waals surface area (Å²) in [6, 6.07) is 0. The van der Waals surface area contributed by atoms with Crippen molar-refractivity contribution >= 4 is 16.5 Å². The number of rotatable bonds is 2. The molecule has 64 valence electrons. The average Bonchev–Trinajstić information content (AvgIpc) is 1.55. The van der Waals surface area contributed by atoms with Gasteiger partial charge in [-0.25, -0.2) is 0 Å². The average molecular weight is 379 g/mol. The molecule has 0 aliphatic carbocycles. The molecular weight excluding hydrogens is 361 g/mol. The first-order valence-electron chi connectivity index (χ1n) is 3.99. The normalized spacial score (nSPS) is 12.9. The quantitative estimate of drug-likeness (QED) is 0.667. The second-order valence-corrected chi connectivity index (χ2v) is 23.6. The Morgan fingerprint density at radius 3 is 1.18 bits per heavy atom. The van der Waals surface area contributed by atoms with Crippen LogP contribution in [-0.4, -0.2) is 9.49 Å². The van der Waals surface area contributed by atoms with Gasteiger partial charge in [-0.2, -0.15) is 0 Å². The molecule has 0 fully saturated rings. The Morgan fingerprint density at radius 1 is 0.727 bits per heavy atom. The second-order valence-electron chi connectivity index (χ2n) is 4.63. The minimum atomic E-state index is -0.663. The molecule has 0 unspecified atom stereocenters. The summed E-state index contributed by atoms with van der Waals surface area (Å²) >= 11 is -0.663. The van der Waals surface area contributed by atoms with E-state index in [9.17, 15) is 0 Å². The summed E-state index contributed by atoms with van der Waals surface area (Å²) in [6.45, 7) is 13.9. The molecule has 11 heavy (non-hydrogen) atoms. The number of hydrogen-bond acceptors (Lipinski definition) is 2. The van der Waals surface area contributed by atoms with Crippen LogP contribution in [0.3, 0.4) is 0 Å². The molecule has 3 heteroatoms. The van der Waals surface area contributed by atoms with Crippen molar-refractivity contribution in [1.29, 1.82) is 0 Å². The molecule has 0 rings (SSSR count). The van der Waals surface area contributed by atoms with Crippen molar-refractivity contribution in [1.82, 2.24) is 0 Å². The van der Waals surface area contributed by atoms with Gasteiger partial charge in [0.2, 0.25) is 0 Å². The van der Waals surface area contributed by atoms with E-state index in [0.29, 0.717) is 9.49 Å². The summed E-state index contributed by atoms with van der Waals surface area (Å²) in [5.41, 5.74) is 0. The van der Waals surface area contributed by atoms with E-state index < -0.39 is 21.5 Å². The van der Waals surface area contributed by atoms with Gasteiger partial charge >= 0.3 is 89.1 Å². The van der Waals surface area contributed by atoms with Crippen molar-refractivity contribution in [2.45, 2.75) is 51.0 Å². The molecule has 0 radical (unpaired) electrons. The molecule has 0 aromatic heterocycles. The third kappa shape index (κ3) is 11.6. The maximum absolute atomic E-state index is 2.32. The van der Waals surface area contributed by atoms with Gasteiger partial charge in [-0.1, -0.05) is 0 Å². The van der Waals surface area contributed by atoms with E-state index in [-0.39, 0.29) is 0 Å². The fourth-order valence-electron chi connectivity index (χ4n) is 0.383. The molecule has 0 atom stereocenters. The third-order valence-electron chi connectivity index (χ3n) is 0.984. The Labute approximate surface area is 88.3 Å². The molecule has 0 aromatic carbocycles. The number of hydrogen-bond donors (Lipinski definition) is 0. The van der Waals surface area contributed by atoms with Crippen molar-refractivity contribution in [3.8, 4) is 0 Å². The van der Waals surface area contributed by atoms with Crippen molar-refractivity contribution in [2.24, 2.45) is 0 Å². The molecule has 0 aliphatic rings. The van der Waals surface area contributed by atoms with Gasteiger partial charge in [-0.3, -0.25) is 0 Å². The van der Waals surface area contributed by atoms with Crippen LogP contribution < -0.4 is 0 Å². The fraction of sp³-hybridized carbons (Fsp3) is 1.00. The van der Waals surface area contributed by atoms with Gasteiger partial charge in [0, 0.05) is 0 Å². The molecule has 0 saturated carbocycles. The summed E-state index contributed by atoms with van der Waals surface area (Å²) in [7, 11) is 4.49. The third-order valence-corrected chi connectivity index (χ3v) is 32.1. The zero-order valence-corrected chi connectivity index (χ0v) is 15.7. The monoisotopic (exact) mass is 380 g/mol. The Hall–Kier alpha value is 1.64. The van der Waals surface area contributed by atoms with Gasteiger partial charge in [-0.05, 0) is 0 Å². The van der Waals surface area contributed by atoms with Crippen LogP contribution in [0.15, 0.2) is 0 Å². The van der Waals surface area contributed by atoms with Crippen LogP contribution in [0, 0.1) is 0 Å². The van der Waals surface area contributed by atoms with Crippen LogP contribution in [-0.2, 0) is 21.5 Å². The summed E-state index contributed by atoms with van der Waals surface area (Å²) in [4.78, 5) is 0. The summed E-state index contributed by atoms with van der Waals surface area (Å²) < 4.78 is 1.03. The topological polar surface area (TPSA) is 0 Å². The van der Waals surface area contributed by atoms with E-state index in [4.69, 9.17) is 0 Å². The Kier molecular flexibility index (Phi) is 5.46. The Morgan fingerprint density at radius 2 is 1.00 bits per heavy atom. The Balaban J connectivity index is 3.44. The molecule has 0 heterocycles. The van der Waals surface area contributed by atoms with E-state index in [1.54, 1.807) is 0 Å². The first-order chi connectivity index (χ1) is 4.71. The zero-order valence-electron chi connectivity index (χ0n) is 8.52. The molecule has 0 nitrogen and oxygen atoms in total. The van der Waals surface area contributed by atoms with Crippen molar-refractivity contribution in [3.63, 3.8) is 0 Å². The first-order valence-corrected chi connectivity index (χ1v) is 19.4. The molecule has 0 amide bonds. The van der Waals surface area contributed by atoms with E-state index in [1.807, 2.05) is 0 Å². The minimum absolute atomic E-state index is 0.514. The summed E-state index contributed by atoms with van der Waals surface area (Å²) in [6.07, 6.45) is 0. The fourth-order valence-corrected chi connectivity index (χ4v) is 30.2. The molecular formula is C8H18HgS2. The molecule has 0 spiro atoms. The van der Waals surface area contributed by atoms with Crippen molar-refractivity contribution in [3.05, 3.63) is 0 Å². The molecule has 0 aliphatic heterocycles. The maximum atomic E-state index is 2.32. The van der Waals surface area contributed by atoms with Crippen LogP contribution in [0.1, 0.15) is 41.5 Å². The van der Waals surface area contributed by atoms with E-state index in [2.05, 4.69) is 58.0 Å². The van der Waals surface area contributed by atoms with Gasteiger partial charge in [0.15, 0.2) is 0 Å². The van der Waals surface area contributed by atoms with Crippen LogP contribution in [0.4, 0.5) is 0 Å². The van der Waals surface area contributed by atoms with Crippen LogP contribution in [0.2, 0.25) is 0 Å². The molecule has 0 N–H and O–H groups in total. The summed E-state index contributed by atoms with van der Waals surface area (Å²) in [5, 5.41) is 0. The molecule has 0 bridgehead atoms. The van der Waals surface area contributed by atoms with E-state index in [1.165, 1.54) is 0 Å².